The van der Waals surface area contributed by atoms with Crippen molar-refractivity contribution in [2.75, 3.05) is 0 Å². The zero-order valence-corrected chi connectivity index (χ0v) is 10.7. The Labute approximate surface area is 103 Å². The van der Waals surface area contributed by atoms with E-state index in [1.807, 2.05) is 20.8 Å². The van der Waals surface area contributed by atoms with Crippen molar-refractivity contribution in [3.05, 3.63) is 0 Å². The molecule has 2 unspecified atom stereocenters. The van der Waals surface area contributed by atoms with Crippen LogP contribution in [0.15, 0.2) is 0 Å². The molecule has 0 aromatic rings. The number of carbonyl (C=O) groups is 2. The highest BCUT2D eigenvalue weighted by molar-refractivity contribution is 6.05. The maximum atomic E-state index is 12.0. The molecule has 2 atom stereocenters. The minimum Gasteiger partial charge on any atom is -0.292 e. The fraction of sp³-hybridized carbons (Fsp3) is 0.692. The molecule has 0 saturated carbocycles. The van der Waals surface area contributed by atoms with Crippen LogP contribution in [0.1, 0.15) is 40.0 Å². The number of terminal acetylenes is 1. The molecule has 2 amide bonds. The van der Waals surface area contributed by atoms with Gasteiger partial charge >= 0.3 is 0 Å². The summed E-state index contributed by atoms with van der Waals surface area (Å²) in [6.45, 7) is 5.71. The monoisotopic (exact) mass is 236 g/mol. The summed E-state index contributed by atoms with van der Waals surface area (Å²) in [5, 5.41) is 3.08. The molecule has 1 aliphatic heterocycles. The van der Waals surface area contributed by atoms with Gasteiger partial charge < -0.3 is 0 Å². The molecule has 1 N–H and O–H groups in total. The molecule has 4 nitrogen and oxygen atoms in total. The smallest absolute Gasteiger partial charge is 0.247 e. The molecule has 17 heavy (non-hydrogen) atoms. The molecule has 1 heterocycles. The van der Waals surface area contributed by atoms with Gasteiger partial charge in [0.1, 0.15) is 0 Å². The highest BCUT2D eigenvalue weighted by Crippen LogP contribution is 2.17. The zero-order valence-electron chi connectivity index (χ0n) is 10.7. The van der Waals surface area contributed by atoms with Crippen LogP contribution >= 0.6 is 0 Å². The summed E-state index contributed by atoms with van der Waals surface area (Å²) >= 11 is 0. The molecule has 0 spiro atoms. The molecular formula is C13H20N2O2. The predicted molar refractivity (Wildman–Crippen MR) is 66.1 cm³/mol. The Morgan fingerprint density at radius 2 is 2.18 bits per heavy atom. The standard InChI is InChI=1S/C13H20N2O2/c1-5-7-10(6-2)14-11-8-12(16)15(9(3)4)13(11)17/h2,9-11,14H,5,7-8H2,1,3-4H3. The molecule has 0 bridgehead atoms. The van der Waals surface area contributed by atoms with Gasteiger partial charge in [0.15, 0.2) is 0 Å². The minimum atomic E-state index is -0.447. The van der Waals surface area contributed by atoms with Crippen LogP contribution in [0.4, 0.5) is 0 Å². The topological polar surface area (TPSA) is 49.4 Å². The molecule has 0 aromatic heterocycles. The van der Waals surface area contributed by atoms with Gasteiger partial charge in [-0.05, 0) is 20.3 Å². The average molecular weight is 236 g/mol. The van der Waals surface area contributed by atoms with E-state index in [1.54, 1.807) is 0 Å². The van der Waals surface area contributed by atoms with Crippen LogP contribution in [0, 0.1) is 12.3 Å². The van der Waals surface area contributed by atoms with Crippen LogP contribution in [0.2, 0.25) is 0 Å². The first-order valence-corrected chi connectivity index (χ1v) is 6.09. The Hall–Kier alpha value is -1.34. The lowest BCUT2D eigenvalue weighted by molar-refractivity contribution is -0.140. The van der Waals surface area contributed by atoms with E-state index in [2.05, 4.69) is 11.2 Å². The van der Waals surface area contributed by atoms with Gasteiger partial charge in [0.2, 0.25) is 11.8 Å². The maximum absolute atomic E-state index is 12.0. The average Bonchev–Trinajstić information content (AvgIpc) is 2.53. The van der Waals surface area contributed by atoms with Crippen LogP contribution in [-0.2, 0) is 9.59 Å². The summed E-state index contributed by atoms with van der Waals surface area (Å²) in [4.78, 5) is 25.0. The second-order valence-electron chi connectivity index (χ2n) is 4.63. The van der Waals surface area contributed by atoms with E-state index < -0.39 is 6.04 Å². The summed E-state index contributed by atoms with van der Waals surface area (Å²) < 4.78 is 0. The maximum Gasteiger partial charge on any atom is 0.247 e. The highest BCUT2D eigenvalue weighted by Gasteiger charge is 2.40. The van der Waals surface area contributed by atoms with E-state index in [-0.39, 0.29) is 30.3 Å². The van der Waals surface area contributed by atoms with Crippen LogP contribution in [0.25, 0.3) is 0 Å². The number of rotatable bonds is 5. The predicted octanol–water partition coefficient (Wildman–Crippen LogP) is 0.914. The number of hydrogen-bond acceptors (Lipinski definition) is 3. The summed E-state index contributed by atoms with van der Waals surface area (Å²) in [7, 11) is 0. The van der Waals surface area contributed by atoms with Crippen LogP contribution in [0.5, 0.6) is 0 Å². The number of nitrogens with zero attached hydrogens (tertiary/aromatic N) is 1. The van der Waals surface area contributed by atoms with Crippen molar-refractivity contribution >= 4 is 11.8 Å². The molecule has 0 radical (unpaired) electrons. The van der Waals surface area contributed by atoms with Gasteiger partial charge in [-0.15, -0.1) is 6.42 Å². The van der Waals surface area contributed by atoms with Crippen molar-refractivity contribution in [1.29, 1.82) is 0 Å². The molecule has 4 heteroatoms. The zero-order chi connectivity index (χ0) is 13.0. The molecule has 0 aromatic carbocycles. The van der Waals surface area contributed by atoms with E-state index in [9.17, 15) is 9.59 Å². The third kappa shape index (κ3) is 3.07. The van der Waals surface area contributed by atoms with Crippen molar-refractivity contribution in [2.45, 2.75) is 58.2 Å². The number of amides is 2. The van der Waals surface area contributed by atoms with E-state index in [0.29, 0.717) is 0 Å². The fourth-order valence-electron chi connectivity index (χ4n) is 2.07. The summed E-state index contributed by atoms with van der Waals surface area (Å²) in [5.74, 6) is 2.35. The number of nitrogens with one attached hydrogen (secondary N) is 1. The van der Waals surface area contributed by atoms with E-state index >= 15 is 0 Å². The van der Waals surface area contributed by atoms with Crippen LogP contribution in [-0.4, -0.2) is 34.8 Å². The van der Waals surface area contributed by atoms with Gasteiger partial charge in [0.05, 0.1) is 18.5 Å². The molecule has 1 rings (SSSR count). The van der Waals surface area contributed by atoms with E-state index in [1.165, 1.54) is 4.90 Å². The van der Waals surface area contributed by atoms with Crippen LogP contribution in [0.3, 0.4) is 0 Å². The van der Waals surface area contributed by atoms with Crippen molar-refractivity contribution in [3.8, 4) is 12.3 Å². The molecule has 94 valence electrons. The summed E-state index contributed by atoms with van der Waals surface area (Å²) in [5.41, 5.74) is 0. The summed E-state index contributed by atoms with van der Waals surface area (Å²) in [6, 6.07) is -0.663. The fourth-order valence-corrected chi connectivity index (χ4v) is 2.07. The minimum absolute atomic E-state index is 0.0859. The van der Waals surface area contributed by atoms with Gasteiger partial charge in [-0.3, -0.25) is 19.8 Å². The van der Waals surface area contributed by atoms with Crippen molar-refractivity contribution in [1.82, 2.24) is 10.2 Å². The van der Waals surface area contributed by atoms with Crippen molar-refractivity contribution in [3.63, 3.8) is 0 Å². The van der Waals surface area contributed by atoms with Crippen molar-refractivity contribution in [2.24, 2.45) is 0 Å². The lowest BCUT2D eigenvalue weighted by atomic mass is 10.1. The molecule has 0 aliphatic carbocycles. The Bertz CT molecular complexity index is 344. The Morgan fingerprint density at radius 1 is 1.53 bits per heavy atom. The highest BCUT2D eigenvalue weighted by atomic mass is 16.2. The van der Waals surface area contributed by atoms with Gasteiger partial charge in [0, 0.05) is 6.04 Å². The second-order valence-corrected chi connectivity index (χ2v) is 4.63. The van der Waals surface area contributed by atoms with Gasteiger partial charge in [-0.2, -0.15) is 0 Å². The molecule has 1 fully saturated rings. The molecule has 1 saturated heterocycles. The first-order chi connectivity index (χ1) is 8.01. The first kappa shape index (κ1) is 13.7. The normalized spacial score (nSPS) is 22.1. The first-order valence-electron chi connectivity index (χ1n) is 6.09. The quantitative estimate of drug-likeness (QED) is 0.570. The van der Waals surface area contributed by atoms with Gasteiger partial charge in [-0.1, -0.05) is 19.3 Å². The number of imide groups is 1. The van der Waals surface area contributed by atoms with Crippen molar-refractivity contribution < 1.29 is 9.59 Å². The molecule has 1 aliphatic rings. The summed E-state index contributed by atoms with van der Waals surface area (Å²) in [6.07, 6.45) is 7.37. The van der Waals surface area contributed by atoms with Crippen LogP contribution < -0.4 is 5.32 Å². The molecular weight excluding hydrogens is 216 g/mol. The largest absolute Gasteiger partial charge is 0.292 e. The van der Waals surface area contributed by atoms with E-state index in [4.69, 9.17) is 6.42 Å². The Morgan fingerprint density at radius 3 is 2.59 bits per heavy atom. The Balaban J connectivity index is 2.66. The number of hydrogen-bond donors (Lipinski definition) is 1. The lowest BCUT2D eigenvalue weighted by Gasteiger charge is -2.20. The second kappa shape index (κ2) is 5.83. The lowest BCUT2D eigenvalue weighted by Crippen LogP contribution is -2.45. The van der Waals surface area contributed by atoms with Gasteiger partial charge in [0.25, 0.3) is 0 Å². The number of likely N-dealkylation sites (tertiary alicyclic amines) is 1. The van der Waals surface area contributed by atoms with Gasteiger partial charge in [-0.25, -0.2) is 0 Å². The SMILES string of the molecule is C#CC(CCC)NC1CC(=O)N(C(C)C)C1=O. The van der Waals surface area contributed by atoms with E-state index in [0.717, 1.165) is 12.8 Å². The number of carbonyl (C=O) groups excluding carboxylic acids is 2. The third-order valence-electron chi connectivity index (χ3n) is 2.88. The Kier molecular flexibility index (Phi) is 4.71. The third-order valence-corrected chi connectivity index (χ3v) is 2.88.